The fourth-order valence-corrected chi connectivity index (χ4v) is 4.89. The number of nitrogens with one attached hydrogen (secondary N) is 2. The normalized spacial score (nSPS) is 13.8. The number of nitriles is 1. The van der Waals surface area contributed by atoms with E-state index in [9.17, 15) is 14.9 Å². The first-order valence-corrected chi connectivity index (χ1v) is 13.6. The van der Waals surface area contributed by atoms with Gasteiger partial charge in [0.25, 0.3) is 5.91 Å². The van der Waals surface area contributed by atoms with Crippen molar-refractivity contribution in [2.75, 3.05) is 19.6 Å². The molecule has 1 aliphatic rings. The topological polar surface area (TPSA) is 112 Å². The van der Waals surface area contributed by atoms with Gasteiger partial charge in [0.05, 0.1) is 23.4 Å². The maximum atomic E-state index is 13.3. The van der Waals surface area contributed by atoms with E-state index in [4.69, 9.17) is 9.72 Å². The Morgan fingerprint density at radius 1 is 1.20 bits per heavy atom. The van der Waals surface area contributed by atoms with Crippen LogP contribution < -0.4 is 15.4 Å². The zero-order chi connectivity index (χ0) is 29.0. The van der Waals surface area contributed by atoms with Crippen LogP contribution in [0.5, 0.6) is 5.75 Å². The molecular weight excluding hydrogens is 516 g/mol. The molecule has 41 heavy (non-hydrogen) atoms. The smallest absolute Gasteiger partial charge is 0.317 e. The van der Waals surface area contributed by atoms with Crippen LogP contribution in [-0.2, 0) is 18.9 Å². The van der Waals surface area contributed by atoms with Gasteiger partial charge in [-0.05, 0) is 44.0 Å². The average Bonchev–Trinajstić information content (AvgIpc) is 3.49. The molecule has 3 amide bonds. The van der Waals surface area contributed by atoms with E-state index in [1.807, 2.05) is 51.4 Å². The number of amides is 3. The van der Waals surface area contributed by atoms with E-state index in [-0.39, 0.29) is 36.9 Å². The summed E-state index contributed by atoms with van der Waals surface area (Å²) in [4.78, 5) is 32.1. The first kappa shape index (κ1) is 31.2. The summed E-state index contributed by atoms with van der Waals surface area (Å²) in [6.45, 7) is 11.7. The summed E-state index contributed by atoms with van der Waals surface area (Å²) in [6, 6.07) is 14.6. The Hall–Kier alpha value is -4.32. The highest BCUT2D eigenvalue weighted by molar-refractivity contribution is 5.95. The number of benzene rings is 2. The molecule has 1 aromatic heterocycles. The quantitative estimate of drug-likeness (QED) is 0.382. The average molecular weight is 559 g/mol. The number of hydrogen-bond acceptors (Lipinski definition) is 5. The predicted molar refractivity (Wildman–Crippen MR) is 161 cm³/mol. The molecule has 1 atom stereocenters. The van der Waals surface area contributed by atoms with Gasteiger partial charge >= 0.3 is 6.03 Å². The van der Waals surface area contributed by atoms with Gasteiger partial charge in [0.2, 0.25) is 0 Å². The molecule has 4 rings (SSSR count). The molecule has 0 bridgehead atoms. The van der Waals surface area contributed by atoms with E-state index in [1.54, 1.807) is 23.1 Å². The SMILES string of the molecule is C.CC(C)Oc1ccc(C(=O)N[C@@H](Cc2ccc(-c3cn(C)c(C(C)(C)C)n3)cc2)CN2CCNC2=O)cc1C#N. The Morgan fingerprint density at radius 3 is 2.46 bits per heavy atom. The molecule has 0 aliphatic carbocycles. The zero-order valence-corrected chi connectivity index (χ0v) is 24.1. The molecule has 0 spiro atoms. The van der Waals surface area contributed by atoms with E-state index >= 15 is 0 Å². The highest BCUT2D eigenvalue weighted by Gasteiger charge is 2.25. The summed E-state index contributed by atoms with van der Waals surface area (Å²) in [5, 5.41) is 15.5. The van der Waals surface area contributed by atoms with Crippen LogP contribution in [0.2, 0.25) is 0 Å². The molecule has 2 heterocycles. The number of urea groups is 1. The molecule has 1 saturated heterocycles. The summed E-state index contributed by atoms with van der Waals surface area (Å²) < 4.78 is 7.75. The molecule has 218 valence electrons. The first-order chi connectivity index (χ1) is 18.9. The molecule has 9 heteroatoms. The zero-order valence-electron chi connectivity index (χ0n) is 24.1. The van der Waals surface area contributed by atoms with Gasteiger partial charge in [-0.2, -0.15) is 5.26 Å². The number of imidazole rings is 1. The summed E-state index contributed by atoms with van der Waals surface area (Å²) in [5.74, 6) is 1.15. The van der Waals surface area contributed by atoms with Crippen LogP contribution in [0.25, 0.3) is 11.3 Å². The largest absolute Gasteiger partial charge is 0.490 e. The maximum Gasteiger partial charge on any atom is 0.317 e. The van der Waals surface area contributed by atoms with Crippen molar-refractivity contribution in [3.63, 3.8) is 0 Å². The van der Waals surface area contributed by atoms with E-state index in [1.165, 1.54) is 0 Å². The van der Waals surface area contributed by atoms with E-state index in [0.29, 0.717) is 42.9 Å². The van der Waals surface area contributed by atoms with Gasteiger partial charge in [-0.1, -0.05) is 52.5 Å². The standard InChI is InChI=1S/C31H38N6O3.CH4/c1-20(2)40-27-12-11-23(16-24(27)17-32)28(38)34-25(18-37-14-13-33-30(37)39)15-21-7-9-22(10-8-21)26-19-36(6)29(35-26)31(3,4)5;/h7-12,16,19-20,25H,13-15,18H2,1-6H3,(H,33,39)(H,34,38);1H4/t25-;/m0./s1. The lowest BCUT2D eigenvalue weighted by molar-refractivity contribution is 0.0929. The van der Waals surface area contributed by atoms with Crippen molar-refractivity contribution in [3.8, 4) is 23.1 Å². The lowest BCUT2D eigenvalue weighted by Gasteiger charge is -2.24. The third-order valence-corrected chi connectivity index (χ3v) is 6.73. The molecule has 9 nitrogen and oxygen atoms in total. The lowest BCUT2D eigenvalue weighted by atomic mass is 9.96. The Labute approximate surface area is 243 Å². The Morgan fingerprint density at radius 2 is 1.90 bits per heavy atom. The summed E-state index contributed by atoms with van der Waals surface area (Å²) in [5.41, 5.74) is 3.56. The molecular formula is C32H42N6O3. The second-order valence-electron chi connectivity index (χ2n) is 11.5. The van der Waals surface area contributed by atoms with Crippen molar-refractivity contribution >= 4 is 11.9 Å². The fourth-order valence-electron chi connectivity index (χ4n) is 4.89. The third kappa shape index (κ3) is 7.66. The summed E-state index contributed by atoms with van der Waals surface area (Å²) >= 11 is 0. The number of ether oxygens (including phenoxy) is 1. The van der Waals surface area contributed by atoms with Crippen molar-refractivity contribution in [1.29, 1.82) is 5.26 Å². The van der Waals surface area contributed by atoms with Crippen LogP contribution in [0.4, 0.5) is 4.79 Å². The van der Waals surface area contributed by atoms with Gasteiger partial charge in [-0.25, -0.2) is 9.78 Å². The minimum absolute atomic E-state index is 0. The van der Waals surface area contributed by atoms with E-state index < -0.39 is 0 Å². The van der Waals surface area contributed by atoms with Crippen molar-refractivity contribution in [2.24, 2.45) is 7.05 Å². The van der Waals surface area contributed by atoms with Crippen LogP contribution in [-0.4, -0.2) is 58.2 Å². The van der Waals surface area contributed by atoms with Crippen molar-refractivity contribution in [2.45, 2.75) is 66.0 Å². The number of rotatable bonds is 9. The molecule has 1 fully saturated rings. The van der Waals surface area contributed by atoms with Gasteiger partial charge in [-0.15, -0.1) is 0 Å². The van der Waals surface area contributed by atoms with Crippen LogP contribution in [0.1, 0.15) is 69.4 Å². The van der Waals surface area contributed by atoms with Gasteiger partial charge < -0.3 is 24.8 Å². The van der Waals surface area contributed by atoms with Crippen molar-refractivity contribution < 1.29 is 14.3 Å². The third-order valence-electron chi connectivity index (χ3n) is 6.73. The van der Waals surface area contributed by atoms with Gasteiger partial charge in [0.1, 0.15) is 17.6 Å². The second-order valence-corrected chi connectivity index (χ2v) is 11.5. The molecule has 1 aliphatic heterocycles. The molecule has 0 saturated carbocycles. The van der Waals surface area contributed by atoms with Crippen LogP contribution in [0, 0.1) is 11.3 Å². The molecule has 2 aromatic carbocycles. The van der Waals surface area contributed by atoms with Crippen molar-refractivity contribution in [3.05, 3.63) is 71.2 Å². The summed E-state index contributed by atoms with van der Waals surface area (Å²) in [6.07, 6.45) is 2.48. The van der Waals surface area contributed by atoms with Crippen molar-refractivity contribution in [1.82, 2.24) is 25.1 Å². The first-order valence-electron chi connectivity index (χ1n) is 13.6. The number of hydrogen-bond donors (Lipinski definition) is 2. The number of nitrogens with zero attached hydrogens (tertiary/aromatic N) is 4. The molecule has 2 N–H and O–H groups in total. The highest BCUT2D eigenvalue weighted by atomic mass is 16.5. The van der Waals surface area contributed by atoms with Gasteiger partial charge in [0, 0.05) is 49.4 Å². The predicted octanol–water partition coefficient (Wildman–Crippen LogP) is 5.05. The van der Waals surface area contributed by atoms with E-state index in [2.05, 4.69) is 42.0 Å². The number of aromatic nitrogens is 2. The minimum Gasteiger partial charge on any atom is -0.490 e. The number of carbonyl (C=O) groups excluding carboxylic acids is 2. The van der Waals surface area contributed by atoms with Gasteiger partial charge in [0.15, 0.2) is 0 Å². The van der Waals surface area contributed by atoms with Crippen LogP contribution in [0.3, 0.4) is 0 Å². The summed E-state index contributed by atoms with van der Waals surface area (Å²) in [7, 11) is 2.01. The van der Waals surface area contributed by atoms with Crippen LogP contribution >= 0.6 is 0 Å². The molecule has 0 unspecified atom stereocenters. The highest BCUT2D eigenvalue weighted by Crippen LogP contribution is 2.26. The fraction of sp³-hybridized carbons (Fsp3) is 0.438. The maximum absolute atomic E-state index is 13.3. The Balaban J connectivity index is 0.00000462. The molecule has 3 aromatic rings. The van der Waals surface area contributed by atoms with Crippen LogP contribution in [0.15, 0.2) is 48.7 Å². The Bertz CT molecular complexity index is 1410. The minimum atomic E-state index is -0.332. The molecule has 0 radical (unpaired) electrons. The van der Waals surface area contributed by atoms with Gasteiger partial charge in [-0.3, -0.25) is 4.79 Å². The Kier molecular flexibility index (Phi) is 9.82. The van der Waals surface area contributed by atoms with E-state index in [0.717, 1.165) is 22.6 Å². The lowest BCUT2D eigenvalue weighted by Crippen LogP contribution is -2.46. The second kappa shape index (κ2) is 12.9. The number of aryl methyl sites for hydroxylation is 1. The number of carbonyl (C=O) groups is 2. The monoisotopic (exact) mass is 558 g/mol.